The van der Waals surface area contributed by atoms with E-state index in [0.717, 1.165) is 18.8 Å². The van der Waals surface area contributed by atoms with Crippen LogP contribution in [0.3, 0.4) is 0 Å². The molecule has 0 bridgehead atoms. The van der Waals surface area contributed by atoms with Crippen LogP contribution in [-0.2, 0) is 6.42 Å². The zero-order valence-electron chi connectivity index (χ0n) is 11.8. The van der Waals surface area contributed by atoms with E-state index in [4.69, 9.17) is 4.74 Å². The van der Waals surface area contributed by atoms with Crippen LogP contribution in [-0.4, -0.2) is 6.61 Å². The van der Waals surface area contributed by atoms with Gasteiger partial charge in [0.05, 0.1) is 6.61 Å². The molecule has 0 aromatic heterocycles. The molecule has 0 aliphatic carbocycles. The highest BCUT2D eigenvalue weighted by Gasteiger charge is 1.90. The molecule has 0 radical (unpaired) electrons. The summed E-state index contributed by atoms with van der Waals surface area (Å²) in [5, 5.41) is 0. The summed E-state index contributed by atoms with van der Waals surface area (Å²) in [4.78, 5) is 0. The van der Waals surface area contributed by atoms with Gasteiger partial charge in [0.1, 0.15) is 5.75 Å². The summed E-state index contributed by atoms with van der Waals surface area (Å²) in [5.41, 5.74) is 1.36. The van der Waals surface area contributed by atoms with E-state index in [1.807, 2.05) is 32.9 Å². The molecular formula is C15H28O. The number of ether oxygens (including phenoxy) is 1. The average Bonchev–Trinajstić information content (AvgIpc) is 2.34. The molecule has 94 valence electrons. The van der Waals surface area contributed by atoms with Gasteiger partial charge in [-0.3, -0.25) is 0 Å². The first-order valence-corrected chi connectivity index (χ1v) is 6.50. The Kier molecular flexibility index (Phi) is 15.3. The van der Waals surface area contributed by atoms with Crippen LogP contribution in [0.1, 0.15) is 53.5 Å². The number of benzene rings is 1. The maximum absolute atomic E-state index is 5.31. The molecule has 1 aromatic carbocycles. The summed E-state index contributed by atoms with van der Waals surface area (Å²) in [5.74, 6) is 0.963. The molecule has 0 saturated carbocycles. The zero-order valence-corrected chi connectivity index (χ0v) is 11.8. The standard InChI is InChI=1S/C10H14O.C3H8.C2H6/c1-3-9-5-7-10(8-6-9)11-4-2;1-3-2;1-2/h5-8H,3-4H2,1-2H3;3H2,1-2H3;1-2H3. The monoisotopic (exact) mass is 224 g/mol. The van der Waals surface area contributed by atoms with E-state index < -0.39 is 0 Å². The number of rotatable bonds is 3. The third-order valence-corrected chi connectivity index (χ3v) is 1.64. The van der Waals surface area contributed by atoms with Crippen molar-refractivity contribution in [3.05, 3.63) is 29.8 Å². The van der Waals surface area contributed by atoms with Crippen LogP contribution >= 0.6 is 0 Å². The lowest BCUT2D eigenvalue weighted by Crippen LogP contribution is -1.90. The van der Waals surface area contributed by atoms with Gasteiger partial charge < -0.3 is 4.74 Å². The third kappa shape index (κ3) is 9.57. The third-order valence-electron chi connectivity index (χ3n) is 1.64. The molecule has 0 atom stereocenters. The fourth-order valence-electron chi connectivity index (χ4n) is 0.988. The van der Waals surface area contributed by atoms with Crippen molar-refractivity contribution in [2.24, 2.45) is 0 Å². The zero-order chi connectivity index (χ0) is 12.8. The van der Waals surface area contributed by atoms with E-state index in [1.165, 1.54) is 12.0 Å². The van der Waals surface area contributed by atoms with Gasteiger partial charge in [-0.25, -0.2) is 0 Å². The van der Waals surface area contributed by atoms with Crippen molar-refractivity contribution in [2.45, 2.75) is 54.4 Å². The Labute approximate surface area is 102 Å². The first-order valence-electron chi connectivity index (χ1n) is 6.50. The van der Waals surface area contributed by atoms with Gasteiger partial charge in [-0.2, -0.15) is 0 Å². The van der Waals surface area contributed by atoms with Crippen LogP contribution in [0.15, 0.2) is 24.3 Å². The minimum absolute atomic E-state index is 0.742. The van der Waals surface area contributed by atoms with Crippen molar-refractivity contribution in [1.29, 1.82) is 0 Å². The Hall–Kier alpha value is -0.980. The smallest absolute Gasteiger partial charge is 0.119 e. The van der Waals surface area contributed by atoms with Gasteiger partial charge in [0.25, 0.3) is 0 Å². The van der Waals surface area contributed by atoms with Gasteiger partial charge in [0.15, 0.2) is 0 Å². The molecule has 0 heterocycles. The molecule has 0 amide bonds. The van der Waals surface area contributed by atoms with E-state index >= 15 is 0 Å². The van der Waals surface area contributed by atoms with Gasteiger partial charge in [-0.15, -0.1) is 0 Å². The lowest BCUT2D eigenvalue weighted by molar-refractivity contribution is 0.340. The molecule has 1 heteroatoms. The highest BCUT2D eigenvalue weighted by Crippen LogP contribution is 2.11. The second kappa shape index (κ2) is 14.0. The van der Waals surface area contributed by atoms with Gasteiger partial charge in [0.2, 0.25) is 0 Å². The minimum atomic E-state index is 0.742. The number of hydrogen-bond donors (Lipinski definition) is 0. The largest absolute Gasteiger partial charge is 0.494 e. The highest BCUT2D eigenvalue weighted by molar-refractivity contribution is 5.27. The predicted molar refractivity (Wildman–Crippen MR) is 74.3 cm³/mol. The average molecular weight is 224 g/mol. The SMILES string of the molecule is CC.CCC.CCOc1ccc(CC)cc1. The molecule has 16 heavy (non-hydrogen) atoms. The fraction of sp³-hybridized carbons (Fsp3) is 0.600. The van der Waals surface area contributed by atoms with Crippen molar-refractivity contribution < 1.29 is 4.74 Å². The molecule has 0 saturated heterocycles. The van der Waals surface area contributed by atoms with Crippen LogP contribution in [0.4, 0.5) is 0 Å². The summed E-state index contributed by atoms with van der Waals surface area (Å²) in [6.45, 7) is 13.1. The fourth-order valence-corrected chi connectivity index (χ4v) is 0.988. The Morgan fingerprint density at radius 2 is 1.31 bits per heavy atom. The first-order chi connectivity index (χ1) is 7.78. The molecule has 1 nitrogen and oxygen atoms in total. The van der Waals surface area contributed by atoms with Gasteiger partial charge >= 0.3 is 0 Å². The summed E-state index contributed by atoms with van der Waals surface area (Å²) in [7, 11) is 0. The summed E-state index contributed by atoms with van der Waals surface area (Å²) in [6, 6.07) is 8.24. The van der Waals surface area contributed by atoms with Crippen LogP contribution in [0, 0.1) is 0 Å². The van der Waals surface area contributed by atoms with Crippen LogP contribution in [0.2, 0.25) is 0 Å². The lowest BCUT2D eigenvalue weighted by Gasteiger charge is -2.02. The van der Waals surface area contributed by atoms with Crippen LogP contribution in [0.5, 0.6) is 5.75 Å². The second-order valence-electron chi connectivity index (χ2n) is 3.14. The quantitative estimate of drug-likeness (QED) is 0.695. The Balaban J connectivity index is 0. The number of aryl methyl sites for hydroxylation is 1. The van der Waals surface area contributed by atoms with Crippen molar-refractivity contribution >= 4 is 0 Å². The van der Waals surface area contributed by atoms with Crippen molar-refractivity contribution in [3.63, 3.8) is 0 Å². The van der Waals surface area contributed by atoms with E-state index in [-0.39, 0.29) is 0 Å². The lowest BCUT2D eigenvalue weighted by atomic mass is 10.2. The van der Waals surface area contributed by atoms with E-state index in [2.05, 4.69) is 32.9 Å². The molecule has 0 aliphatic rings. The van der Waals surface area contributed by atoms with Crippen molar-refractivity contribution in [2.75, 3.05) is 6.61 Å². The molecular weight excluding hydrogens is 196 g/mol. The molecule has 0 fully saturated rings. The van der Waals surface area contributed by atoms with E-state index in [1.54, 1.807) is 0 Å². The summed E-state index contributed by atoms with van der Waals surface area (Å²) < 4.78 is 5.31. The maximum Gasteiger partial charge on any atom is 0.119 e. The van der Waals surface area contributed by atoms with Crippen LogP contribution in [0.25, 0.3) is 0 Å². The summed E-state index contributed by atoms with van der Waals surface area (Å²) >= 11 is 0. The summed E-state index contributed by atoms with van der Waals surface area (Å²) in [6.07, 6.45) is 2.34. The second-order valence-corrected chi connectivity index (χ2v) is 3.14. The van der Waals surface area contributed by atoms with Gasteiger partial charge in [0, 0.05) is 0 Å². The Morgan fingerprint density at radius 3 is 1.62 bits per heavy atom. The number of hydrogen-bond acceptors (Lipinski definition) is 1. The molecule has 0 aliphatic heterocycles. The first kappa shape index (κ1) is 17.4. The Morgan fingerprint density at radius 1 is 0.875 bits per heavy atom. The van der Waals surface area contributed by atoms with Crippen LogP contribution < -0.4 is 4.74 Å². The Bertz CT molecular complexity index is 213. The molecule has 0 unspecified atom stereocenters. The molecule has 0 N–H and O–H groups in total. The molecule has 1 aromatic rings. The molecule has 0 spiro atoms. The topological polar surface area (TPSA) is 9.23 Å². The van der Waals surface area contributed by atoms with Gasteiger partial charge in [-0.1, -0.05) is 53.2 Å². The van der Waals surface area contributed by atoms with Gasteiger partial charge in [-0.05, 0) is 31.0 Å². The molecule has 1 rings (SSSR count). The minimum Gasteiger partial charge on any atom is -0.494 e. The maximum atomic E-state index is 5.31. The van der Waals surface area contributed by atoms with Crippen molar-refractivity contribution in [3.8, 4) is 5.75 Å². The highest BCUT2D eigenvalue weighted by atomic mass is 16.5. The van der Waals surface area contributed by atoms with E-state index in [9.17, 15) is 0 Å². The normalized spacial score (nSPS) is 8.12. The predicted octanol–water partition coefficient (Wildman–Crippen LogP) is 5.09. The van der Waals surface area contributed by atoms with E-state index in [0.29, 0.717) is 0 Å². The van der Waals surface area contributed by atoms with Crippen molar-refractivity contribution in [1.82, 2.24) is 0 Å².